The van der Waals surface area contributed by atoms with Crippen LogP contribution in [0.3, 0.4) is 0 Å². The third kappa shape index (κ3) is 4.34. The van der Waals surface area contributed by atoms with Gasteiger partial charge in [-0.2, -0.15) is 0 Å². The van der Waals surface area contributed by atoms with Gasteiger partial charge in [-0.1, -0.05) is 6.07 Å². The highest BCUT2D eigenvalue weighted by atomic mass is 16.6. The fourth-order valence-corrected chi connectivity index (χ4v) is 2.80. The van der Waals surface area contributed by atoms with Gasteiger partial charge >= 0.3 is 0 Å². The molecule has 1 fully saturated rings. The molecule has 1 N–H and O–H groups in total. The molecule has 0 spiro atoms. The van der Waals surface area contributed by atoms with Crippen LogP contribution in [0.25, 0.3) is 0 Å². The minimum atomic E-state index is -0.470. The summed E-state index contributed by atoms with van der Waals surface area (Å²) in [6.45, 7) is 2.50. The van der Waals surface area contributed by atoms with Gasteiger partial charge < -0.3 is 15.0 Å². The minimum absolute atomic E-state index is 0.102. The Bertz CT molecular complexity index is 776. The van der Waals surface area contributed by atoms with E-state index in [1.54, 1.807) is 29.4 Å². The van der Waals surface area contributed by atoms with E-state index in [1.807, 2.05) is 12.1 Å². The number of nitro groups is 1. The predicted octanol–water partition coefficient (Wildman–Crippen LogP) is 2.12. The quantitative estimate of drug-likeness (QED) is 0.629. The van der Waals surface area contributed by atoms with Crippen LogP contribution in [0.1, 0.15) is 15.9 Å². The molecule has 0 radical (unpaired) electrons. The molecule has 1 aromatic heterocycles. The van der Waals surface area contributed by atoms with Crippen LogP contribution in [0.2, 0.25) is 0 Å². The zero-order valence-electron chi connectivity index (χ0n) is 14.3. The molecule has 2 heterocycles. The summed E-state index contributed by atoms with van der Waals surface area (Å²) >= 11 is 0. The number of carbonyl (C=O) groups excluding carboxylic acids is 1. The Morgan fingerprint density at radius 1 is 1.31 bits per heavy atom. The van der Waals surface area contributed by atoms with Crippen molar-refractivity contribution in [2.45, 2.75) is 6.42 Å². The zero-order chi connectivity index (χ0) is 18.4. The fourth-order valence-electron chi connectivity index (χ4n) is 2.80. The van der Waals surface area contributed by atoms with Crippen molar-refractivity contribution >= 4 is 17.3 Å². The van der Waals surface area contributed by atoms with Gasteiger partial charge in [0.1, 0.15) is 5.69 Å². The molecule has 136 valence electrons. The second kappa shape index (κ2) is 8.39. The van der Waals surface area contributed by atoms with Crippen LogP contribution in [0.15, 0.2) is 42.7 Å². The normalized spacial score (nSPS) is 14.1. The number of morpholine rings is 1. The first kappa shape index (κ1) is 17.8. The van der Waals surface area contributed by atoms with E-state index in [0.717, 1.165) is 5.56 Å². The van der Waals surface area contributed by atoms with Crippen LogP contribution in [0, 0.1) is 10.1 Å². The number of amides is 1. The van der Waals surface area contributed by atoms with Crippen LogP contribution in [0.5, 0.6) is 0 Å². The number of hydrogen-bond donors (Lipinski definition) is 1. The summed E-state index contributed by atoms with van der Waals surface area (Å²) in [5, 5.41) is 14.5. The van der Waals surface area contributed by atoms with Crippen molar-refractivity contribution in [2.24, 2.45) is 0 Å². The number of rotatable bonds is 6. The number of nitro benzene ring substituents is 1. The Morgan fingerprint density at radius 3 is 2.81 bits per heavy atom. The summed E-state index contributed by atoms with van der Waals surface area (Å²) in [6.07, 6.45) is 4.16. The van der Waals surface area contributed by atoms with Gasteiger partial charge in [0.05, 0.1) is 18.1 Å². The molecule has 0 bridgehead atoms. The maximum atomic E-state index is 12.5. The van der Waals surface area contributed by atoms with Gasteiger partial charge in [-0.3, -0.25) is 19.9 Å². The number of carbonyl (C=O) groups is 1. The van der Waals surface area contributed by atoms with E-state index >= 15 is 0 Å². The molecule has 0 unspecified atom stereocenters. The number of nitrogens with one attached hydrogen (secondary N) is 1. The second-order valence-electron chi connectivity index (χ2n) is 5.93. The SMILES string of the molecule is O=C(c1ccc(NCCc2cccnc2)c([N+](=O)[O-])c1)N1CCOCC1. The van der Waals surface area contributed by atoms with Crippen LogP contribution in [0.4, 0.5) is 11.4 Å². The van der Waals surface area contributed by atoms with Crippen LogP contribution in [-0.2, 0) is 11.2 Å². The summed E-state index contributed by atoms with van der Waals surface area (Å²) in [6, 6.07) is 8.35. The van der Waals surface area contributed by atoms with E-state index in [4.69, 9.17) is 4.74 Å². The lowest BCUT2D eigenvalue weighted by atomic mass is 10.1. The van der Waals surface area contributed by atoms with E-state index in [9.17, 15) is 14.9 Å². The second-order valence-corrected chi connectivity index (χ2v) is 5.93. The van der Waals surface area contributed by atoms with Gasteiger partial charge in [0.15, 0.2) is 0 Å². The monoisotopic (exact) mass is 356 g/mol. The number of nitrogens with zero attached hydrogens (tertiary/aromatic N) is 3. The number of hydrogen-bond acceptors (Lipinski definition) is 6. The Balaban J connectivity index is 1.70. The first-order valence-corrected chi connectivity index (χ1v) is 8.43. The van der Waals surface area contributed by atoms with Crippen molar-refractivity contribution in [3.05, 3.63) is 64.0 Å². The van der Waals surface area contributed by atoms with Gasteiger partial charge in [-0.25, -0.2) is 0 Å². The molecule has 1 aliphatic heterocycles. The molecule has 2 aromatic rings. The number of pyridine rings is 1. The van der Waals surface area contributed by atoms with Crippen molar-refractivity contribution in [1.29, 1.82) is 0 Å². The molecule has 0 saturated carbocycles. The van der Waals surface area contributed by atoms with Crippen molar-refractivity contribution in [1.82, 2.24) is 9.88 Å². The Kier molecular flexibility index (Phi) is 5.75. The average Bonchev–Trinajstić information content (AvgIpc) is 2.69. The van der Waals surface area contributed by atoms with Gasteiger partial charge in [-0.05, 0) is 30.2 Å². The minimum Gasteiger partial charge on any atom is -0.379 e. The van der Waals surface area contributed by atoms with Crippen LogP contribution >= 0.6 is 0 Å². The first-order chi connectivity index (χ1) is 12.6. The van der Waals surface area contributed by atoms with Crippen molar-refractivity contribution in [3.63, 3.8) is 0 Å². The van der Waals surface area contributed by atoms with Crippen molar-refractivity contribution in [2.75, 3.05) is 38.2 Å². The van der Waals surface area contributed by atoms with Crippen LogP contribution < -0.4 is 5.32 Å². The van der Waals surface area contributed by atoms with Gasteiger partial charge in [-0.15, -0.1) is 0 Å². The van der Waals surface area contributed by atoms with E-state index in [2.05, 4.69) is 10.3 Å². The smallest absolute Gasteiger partial charge is 0.293 e. The molecular formula is C18H20N4O4. The molecule has 1 aliphatic rings. The molecule has 26 heavy (non-hydrogen) atoms. The highest BCUT2D eigenvalue weighted by Crippen LogP contribution is 2.26. The number of anilines is 1. The van der Waals surface area contributed by atoms with E-state index < -0.39 is 4.92 Å². The third-order valence-corrected chi connectivity index (χ3v) is 4.19. The van der Waals surface area contributed by atoms with Crippen LogP contribution in [-0.4, -0.2) is 53.6 Å². The lowest BCUT2D eigenvalue weighted by molar-refractivity contribution is -0.384. The number of ether oxygens (including phenoxy) is 1. The number of benzene rings is 1. The highest BCUT2D eigenvalue weighted by Gasteiger charge is 2.22. The van der Waals surface area contributed by atoms with E-state index in [-0.39, 0.29) is 11.6 Å². The summed E-state index contributed by atoms with van der Waals surface area (Å²) in [5.74, 6) is -0.210. The molecule has 0 atom stereocenters. The standard InChI is InChI=1S/C18H20N4O4/c23-18(21-8-10-26-11-9-21)15-3-4-16(17(12-15)22(24)25)20-7-5-14-2-1-6-19-13-14/h1-4,6,12-13,20H,5,7-11H2. The summed E-state index contributed by atoms with van der Waals surface area (Å²) < 4.78 is 5.23. The maximum absolute atomic E-state index is 12.5. The Labute approximate surface area is 150 Å². The third-order valence-electron chi connectivity index (χ3n) is 4.19. The molecule has 8 heteroatoms. The Morgan fingerprint density at radius 2 is 2.12 bits per heavy atom. The van der Waals surface area contributed by atoms with E-state index in [1.165, 1.54) is 6.07 Å². The molecule has 3 rings (SSSR count). The molecule has 0 aliphatic carbocycles. The summed E-state index contributed by atoms with van der Waals surface area (Å²) in [7, 11) is 0. The Hall–Kier alpha value is -3.00. The first-order valence-electron chi connectivity index (χ1n) is 8.43. The van der Waals surface area contributed by atoms with Gasteiger partial charge in [0.2, 0.25) is 0 Å². The number of aromatic nitrogens is 1. The summed E-state index contributed by atoms with van der Waals surface area (Å²) in [5.41, 5.74) is 1.66. The topological polar surface area (TPSA) is 97.6 Å². The average molecular weight is 356 g/mol. The lowest BCUT2D eigenvalue weighted by Gasteiger charge is -2.26. The largest absolute Gasteiger partial charge is 0.379 e. The molecule has 1 amide bonds. The molecular weight excluding hydrogens is 336 g/mol. The fraction of sp³-hybridized carbons (Fsp3) is 0.333. The zero-order valence-corrected chi connectivity index (χ0v) is 14.3. The van der Waals surface area contributed by atoms with Gasteiger partial charge in [0, 0.05) is 43.7 Å². The van der Waals surface area contributed by atoms with Gasteiger partial charge in [0.25, 0.3) is 11.6 Å². The summed E-state index contributed by atoms with van der Waals surface area (Å²) in [4.78, 5) is 29.1. The van der Waals surface area contributed by atoms with Crippen molar-refractivity contribution in [3.8, 4) is 0 Å². The molecule has 1 aromatic carbocycles. The molecule has 8 nitrogen and oxygen atoms in total. The van der Waals surface area contributed by atoms with E-state index in [0.29, 0.717) is 50.5 Å². The lowest BCUT2D eigenvalue weighted by Crippen LogP contribution is -2.40. The van der Waals surface area contributed by atoms with Crippen molar-refractivity contribution < 1.29 is 14.5 Å². The maximum Gasteiger partial charge on any atom is 0.293 e. The molecule has 1 saturated heterocycles. The predicted molar refractivity (Wildman–Crippen MR) is 96.2 cm³/mol. The highest BCUT2D eigenvalue weighted by molar-refractivity contribution is 5.95.